The van der Waals surface area contributed by atoms with Crippen molar-refractivity contribution >= 4 is 47.8 Å². The van der Waals surface area contributed by atoms with Gasteiger partial charge in [0.15, 0.2) is 0 Å². The second-order valence-electron chi connectivity index (χ2n) is 3.61. The zero-order valence-electron chi connectivity index (χ0n) is 9.09. The van der Waals surface area contributed by atoms with Crippen LogP contribution in [-0.4, -0.2) is 0 Å². The molecular formula is C13H8Br3FO. The minimum Gasteiger partial charge on any atom is -0.488 e. The summed E-state index contributed by atoms with van der Waals surface area (Å²) in [5.74, 6) is 0.474. The number of hydrogen-bond donors (Lipinski definition) is 0. The van der Waals surface area contributed by atoms with Crippen LogP contribution >= 0.6 is 47.8 Å². The van der Waals surface area contributed by atoms with E-state index in [-0.39, 0.29) is 5.82 Å². The first-order valence-electron chi connectivity index (χ1n) is 5.08. The van der Waals surface area contributed by atoms with Crippen molar-refractivity contribution in [3.63, 3.8) is 0 Å². The van der Waals surface area contributed by atoms with Crippen molar-refractivity contribution in [2.75, 3.05) is 0 Å². The largest absolute Gasteiger partial charge is 0.488 e. The second-order valence-corrected chi connectivity index (χ2v) is 6.24. The van der Waals surface area contributed by atoms with Gasteiger partial charge in [-0.25, -0.2) is 4.39 Å². The fourth-order valence-corrected chi connectivity index (χ4v) is 2.97. The number of halogens is 4. The lowest BCUT2D eigenvalue weighted by Gasteiger charge is -2.09. The van der Waals surface area contributed by atoms with Gasteiger partial charge in [-0.1, -0.05) is 22.0 Å². The Bertz CT molecular complexity index is 572. The third kappa shape index (κ3) is 3.56. The second kappa shape index (κ2) is 6.17. The van der Waals surface area contributed by atoms with Gasteiger partial charge in [0.1, 0.15) is 18.2 Å². The Kier molecular flexibility index (Phi) is 4.81. The molecule has 2 rings (SSSR count). The van der Waals surface area contributed by atoms with Crippen LogP contribution in [0.2, 0.25) is 0 Å². The van der Waals surface area contributed by atoms with Gasteiger partial charge >= 0.3 is 0 Å². The first-order chi connectivity index (χ1) is 8.56. The molecule has 0 bridgehead atoms. The summed E-state index contributed by atoms with van der Waals surface area (Å²) in [4.78, 5) is 0. The fraction of sp³-hybridized carbons (Fsp3) is 0.0769. The Morgan fingerprint density at radius 3 is 2.39 bits per heavy atom. The highest BCUT2D eigenvalue weighted by molar-refractivity contribution is 9.11. The van der Waals surface area contributed by atoms with E-state index >= 15 is 0 Å². The summed E-state index contributed by atoms with van der Waals surface area (Å²) in [5.41, 5.74) is 0.901. The highest BCUT2D eigenvalue weighted by atomic mass is 79.9. The first kappa shape index (κ1) is 14.0. The Morgan fingerprint density at radius 1 is 0.944 bits per heavy atom. The number of benzene rings is 2. The molecule has 0 amide bonds. The predicted octanol–water partition coefficient (Wildman–Crippen LogP) is 5.69. The standard InChI is InChI=1S/C13H8Br3FO/c14-9-2-4-13(11(16)6-9)18-7-8-1-3-12(17)10(15)5-8/h1-6H,7H2. The van der Waals surface area contributed by atoms with E-state index in [1.54, 1.807) is 12.1 Å². The molecule has 18 heavy (non-hydrogen) atoms. The van der Waals surface area contributed by atoms with Crippen LogP contribution in [0, 0.1) is 5.82 Å². The van der Waals surface area contributed by atoms with E-state index in [0.717, 1.165) is 20.3 Å². The van der Waals surface area contributed by atoms with Gasteiger partial charge in [-0.15, -0.1) is 0 Å². The van der Waals surface area contributed by atoms with Crippen LogP contribution in [0.3, 0.4) is 0 Å². The molecule has 5 heteroatoms. The summed E-state index contributed by atoms with van der Waals surface area (Å²) in [6.07, 6.45) is 0. The van der Waals surface area contributed by atoms with Crippen molar-refractivity contribution in [2.45, 2.75) is 6.61 Å². The molecule has 0 aliphatic carbocycles. The molecule has 0 N–H and O–H groups in total. The van der Waals surface area contributed by atoms with Gasteiger partial charge in [0, 0.05) is 4.47 Å². The highest BCUT2D eigenvalue weighted by Gasteiger charge is 2.04. The maximum Gasteiger partial charge on any atom is 0.137 e. The summed E-state index contributed by atoms with van der Waals surface area (Å²) in [5, 5.41) is 0. The van der Waals surface area contributed by atoms with Crippen LogP contribution in [0.25, 0.3) is 0 Å². The quantitative estimate of drug-likeness (QED) is 0.598. The fourth-order valence-electron chi connectivity index (χ4n) is 1.38. The van der Waals surface area contributed by atoms with Gasteiger partial charge in [0.05, 0.1) is 8.95 Å². The Labute approximate surface area is 130 Å². The molecule has 0 fully saturated rings. The Morgan fingerprint density at radius 2 is 1.72 bits per heavy atom. The molecule has 0 aliphatic rings. The van der Waals surface area contributed by atoms with E-state index in [1.165, 1.54) is 6.07 Å². The smallest absolute Gasteiger partial charge is 0.137 e. The topological polar surface area (TPSA) is 9.23 Å². The molecule has 0 spiro atoms. The first-order valence-corrected chi connectivity index (χ1v) is 7.46. The zero-order valence-corrected chi connectivity index (χ0v) is 13.8. The Balaban J connectivity index is 2.09. The Hall–Kier alpha value is -0.390. The maximum atomic E-state index is 13.1. The molecule has 1 nitrogen and oxygen atoms in total. The van der Waals surface area contributed by atoms with E-state index in [1.807, 2.05) is 18.2 Å². The molecule has 2 aromatic carbocycles. The lowest BCUT2D eigenvalue weighted by Crippen LogP contribution is -1.96. The molecule has 0 radical (unpaired) electrons. The number of rotatable bonds is 3. The van der Waals surface area contributed by atoms with Crippen molar-refractivity contribution < 1.29 is 9.13 Å². The van der Waals surface area contributed by atoms with Gasteiger partial charge in [-0.05, 0) is 67.8 Å². The van der Waals surface area contributed by atoms with Gasteiger partial charge in [-0.2, -0.15) is 0 Å². The van der Waals surface area contributed by atoms with E-state index in [4.69, 9.17) is 4.74 Å². The molecule has 0 saturated heterocycles. The molecule has 0 saturated carbocycles. The van der Waals surface area contributed by atoms with E-state index in [9.17, 15) is 4.39 Å². The van der Waals surface area contributed by atoms with Crippen LogP contribution in [0.1, 0.15) is 5.56 Å². The average molecular weight is 439 g/mol. The maximum absolute atomic E-state index is 13.1. The van der Waals surface area contributed by atoms with Crippen molar-refractivity contribution in [3.8, 4) is 5.75 Å². The molecule has 0 aliphatic heterocycles. The van der Waals surface area contributed by atoms with Gasteiger partial charge in [0.25, 0.3) is 0 Å². The normalized spacial score (nSPS) is 10.4. The minimum absolute atomic E-state index is 0.274. The van der Waals surface area contributed by atoms with Crippen molar-refractivity contribution in [1.29, 1.82) is 0 Å². The summed E-state index contributed by atoms with van der Waals surface area (Å²) in [7, 11) is 0. The molecule has 94 valence electrons. The van der Waals surface area contributed by atoms with Gasteiger partial charge in [0.2, 0.25) is 0 Å². The third-order valence-electron chi connectivity index (χ3n) is 2.27. The van der Waals surface area contributed by atoms with Crippen molar-refractivity contribution in [1.82, 2.24) is 0 Å². The summed E-state index contributed by atoms with van der Waals surface area (Å²) >= 11 is 9.95. The summed E-state index contributed by atoms with van der Waals surface area (Å²) in [6, 6.07) is 10.5. The summed E-state index contributed by atoms with van der Waals surface area (Å²) < 4.78 is 21.0. The molecular weight excluding hydrogens is 431 g/mol. The van der Waals surface area contributed by atoms with E-state index in [2.05, 4.69) is 47.8 Å². The average Bonchev–Trinajstić information content (AvgIpc) is 2.32. The highest BCUT2D eigenvalue weighted by Crippen LogP contribution is 2.29. The van der Waals surface area contributed by atoms with Gasteiger partial charge in [-0.3, -0.25) is 0 Å². The van der Waals surface area contributed by atoms with Crippen molar-refractivity contribution in [2.24, 2.45) is 0 Å². The zero-order chi connectivity index (χ0) is 13.1. The van der Waals surface area contributed by atoms with E-state index < -0.39 is 0 Å². The van der Waals surface area contributed by atoms with Crippen LogP contribution < -0.4 is 4.74 Å². The molecule has 2 aromatic rings. The third-order valence-corrected chi connectivity index (χ3v) is 3.99. The SMILES string of the molecule is Fc1ccc(COc2ccc(Br)cc2Br)cc1Br. The number of hydrogen-bond acceptors (Lipinski definition) is 1. The summed E-state index contributed by atoms with van der Waals surface area (Å²) in [6.45, 7) is 0.388. The molecule has 0 atom stereocenters. The van der Waals surface area contributed by atoms with Gasteiger partial charge < -0.3 is 4.74 Å². The van der Waals surface area contributed by atoms with E-state index in [0.29, 0.717) is 11.1 Å². The monoisotopic (exact) mass is 436 g/mol. The van der Waals surface area contributed by atoms with Crippen LogP contribution in [0.5, 0.6) is 5.75 Å². The lowest BCUT2D eigenvalue weighted by atomic mass is 10.2. The molecule has 0 unspecified atom stereocenters. The minimum atomic E-state index is -0.274. The predicted molar refractivity (Wildman–Crippen MR) is 80.3 cm³/mol. The van der Waals surface area contributed by atoms with Crippen LogP contribution in [-0.2, 0) is 6.61 Å². The molecule has 0 aromatic heterocycles. The molecule has 0 heterocycles. The number of ether oxygens (including phenoxy) is 1. The van der Waals surface area contributed by atoms with Crippen molar-refractivity contribution in [3.05, 3.63) is 61.2 Å². The van der Waals surface area contributed by atoms with Crippen LogP contribution in [0.4, 0.5) is 4.39 Å². The lowest BCUT2D eigenvalue weighted by molar-refractivity contribution is 0.304. The van der Waals surface area contributed by atoms with Crippen LogP contribution in [0.15, 0.2) is 49.8 Å².